The molecule has 148 valence electrons. The summed E-state index contributed by atoms with van der Waals surface area (Å²) in [7, 11) is 0. The number of ketones is 1. The molecule has 2 aromatic carbocycles. The van der Waals surface area contributed by atoms with Crippen LogP contribution in [0.5, 0.6) is 0 Å². The molecule has 0 bridgehead atoms. The molecule has 1 aliphatic carbocycles. The number of anilines is 1. The van der Waals surface area contributed by atoms with Crippen molar-refractivity contribution >= 4 is 17.4 Å². The molecule has 5 heteroatoms. The Hall–Kier alpha value is -3.21. The molecule has 0 unspecified atom stereocenters. The molecule has 4 nitrogen and oxygen atoms in total. The zero-order valence-corrected chi connectivity index (χ0v) is 16.5. The van der Waals surface area contributed by atoms with Crippen molar-refractivity contribution in [3.63, 3.8) is 0 Å². The van der Waals surface area contributed by atoms with E-state index in [9.17, 15) is 14.0 Å². The van der Waals surface area contributed by atoms with Crippen molar-refractivity contribution in [1.29, 1.82) is 0 Å². The van der Waals surface area contributed by atoms with E-state index in [1.165, 1.54) is 24.3 Å². The van der Waals surface area contributed by atoms with E-state index >= 15 is 0 Å². The average molecular weight is 390 g/mol. The number of aryl methyl sites for hydroxylation is 1. The molecule has 1 aliphatic heterocycles. The number of carbonyl (C=O) groups is 2. The fraction of sp³-hybridized carbons (Fsp3) is 0.250. The number of dihydropyridines is 1. The van der Waals surface area contributed by atoms with E-state index in [1.54, 1.807) is 0 Å². The molecule has 4 rings (SSSR count). The number of hydrogen-bond donors (Lipinski definition) is 2. The summed E-state index contributed by atoms with van der Waals surface area (Å²) in [4.78, 5) is 26.2. The molecule has 0 spiro atoms. The Balaban J connectivity index is 1.80. The molecule has 29 heavy (non-hydrogen) atoms. The summed E-state index contributed by atoms with van der Waals surface area (Å²) in [5.74, 6) is -0.981. The molecule has 1 amide bonds. The van der Waals surface area contributed by atoms with E-state index in [0.29, 0.717) is 23.3 Å². The summed E-state index contributed by atoms with van der Waals surface area (Å²) < 4.78 is 13.2. The Bertz CT molecular complexity index is 1050. The normalized spacial score (nSPS) is 19.0. The fourth-order valence-electron chi connectivity index (χ4n) is 4.24. The summed E-state index contributed by atoms with van der Waals surface area (Å²) in [6.45, 7) is 3.86. The first-order valence-corrected chi connectivity index (χ1v) is 9.82. The van der Waals surface area contributed by atoms with E-state index in [2.05, 4.69) is 10.6 Å². The standard InChI is InChI=1S/C24H23FN2O2/c1-14-6-3-4-7-18(14)22-21(24(29)27-17-12-10-16(25)11-13-17)15(2)26-19-8-5-9-20(28)23(19)22/h3-4,6-7,10-13,22,26H,5,8-9H2,1-2H3,(H,27,29)/t22-/m0/s1. The highest BCUT2D eigenvalue weighted by molar-refractivity contribution is 6.09. The molecule has 2 aliphatic rings. The SMILES string of the molecule is CC1=C(C(=O)Nc2ccc(F)cc2)[C@H](c2ccccc2C)C2=C(CCCC2=O)N1. The van der Waals surface area contributed by atoms with Gasteiger partial charge in [0.05, 0.1) is 0 Å². The number of allylic oxidation sites excluding steroid dienone is 3. The van der Waals surface area contributed by atoms with E-state index in [-0.39, 0.29) is 17.5 Å². The van der Waals surface area contributed by atoms with Crippen LogP contribution < -0.4 is 10.6 Å². The third-order valence-corrected chi connectivity index (χ3v) is 5.62. The van der Waals surface area contributed by atoms with Gasteiger partial charge in [-0.3, -0.25) is 9.59 Å². The van der Waals surface area contributed by atoms with Gasteiger partial charge in [0, 0.05) is 40.6 Å². The second kappa shape index (κ2) is 7.66. The minimum Gasteiger partial charge on any atom is -0.362 e. The Morgan fingerprint density at radius 2 is 1.79 bits per heavy atom. The molecule has 2 aromatic rings. The zero-order chi connectivity index (χ0) is 20.5. The van der Waals surface area contributed by atoms with Gasteiger partial charge in [-0.15, -0.1) is 0 Å². The molecule has 1 heterocycles. The van der Waals surface area contributed by atoms with Crippen molar-refractivity contribution in [2.24, 2.45) is 0 Å². The number of rotatable bonds is 3. The van der Waals surface area contributed by atoms with E-state index in [4.69, 9.17) is 0 Å². The summed E-state index contributed by atoms with van der Waals surface area (Å²) >= 11 is 0. The van der Waals surface area contributed by atoms with Crippen LogP contribution in [-0.2, 0) is 9.59 Å². The highest BCUT2D eigenvalue weighted by Gasteiger charge is 2.38. The van der Waals surface area contributed by atoms with Crippen molar-refractivity contribution in [1.82, 2.24) is 5.32 Å². The minimum atomic E-state index is -0.416. The van der Waals surface area contributed by atoms with Crippen LogP contribution in [-0.4, -0.2) is 11.7 Å². The van der Waals surface area contributed by atoms with Crippen LogP contribution in [0.15, 0.2) is 71.1 Å². The Morgan fingerprint density at radius 3 is 2.52 bits per heavy atom. The summed E-state index contributed by atoms with van der Waals surface area (Å²) in [6, 6.07) is 13.5. The lowest BCUT2D eigenvalue weighted by Crippen LogP contribution is -2.35. The number of nitrogens with one attached hydrogen (secondary N) is 2. The second-order valence-electron chi connectivity index (χ2n) is 7.58. The number of carbonyl (C=O) groups excluding carboxylic acids is 2. The summed E-state index contributed by atoms with van der Waals surface area (Å²) in [5.41, 5.74) is 5.38. The fourth-order valence-corrected chi connectivity index (χ4v) is 4.24. The van der Waals surface area contributed by atoms with Crippen molar-refractivity contribution in [3.8, 4) is 0 Å². The van der Waals surface area contributed by atoms with Crippen LogP contribution in [0.2, 0.25) is 0 Å². The largest absolute Gasteiger partial charge is 0.362 e. The van der Waals surface area contributed by atoms with Gasteiger partial charge in [-0.1, -0.05) is 24.3 Å². The minimum absolute atomic E-state index is 0.0894. The Kier molecular flexibility index (Phi) is 5.05. The quantitative estimate of drug-likeness (QED) is 0.796. The maximum Gasteiger partial charge on any atom is 0.254 e. The van der Waals surface area contributed by atoms with Gasteiger partial charge in [-0.05, 0) is 62.1 Å². The molecule has 0 saturated carbocycles. The van der Waals surface area contributed by atoms with Gasteiger partial charge in [-0.25, -0.2) is 4.39 Å². The van der Waals surface area contributed by atoms with Gasteiger partial charge in [0.2, 0.25) is 0 Å². The predicted molar refractivity (Wildman–Crippen MR) is 111 cm³/mol. The number of benzene rings is 2. The van der Waals surface area contributed by atoms with Gasteiger partial charge in [0.25, 0.3) is 5.91 Å². The number of hydrogen-bond acceptors (Lipinski definition) is 3. The van der Waals surface area contributed by atoms with Crippen LogP contribution in [0.25, 0.3) is 0 Å². The van der Waals surface area contributed by atoms with Crippen molar-refractivity contribution in [3.05, 3.63) is 88.0 Å². The van der Waals surface area contributed by atoms with E-state index in [0.717, 1.165) is 35.4 Å². The third-order valence-electron chi connectivity index (χ3n) is 5.62. The lowest BCUT2D eigenvalue weighted by atomic mass is 9.74. The molecular weight excluding hydrogens is 367 g/mol. The van der Waals surface area contributed by atoms with Crippen LogP contribution >= 0.6 is 0 Å². The second-order valence-corrected chi connectivity index (χ2v) is 7.58. The monoisotopic (exact) mass is 390 g/mol. The van der Waals surface area contributed by atoms with Gasteiger partial charge in [0.1, 0.15) is 5.82 Å². The predicted octanol–water partition coefficient (Wildman–Crippen LogP) is 4.74. The molecule has 0 radical (unpaired) electrons. The van der Waals surface area contributed by atoms with Crippen LogP contribution in [0, 0.1) is 12.7 Å². The van der Waals surface area contributed by atoms with Gasteiger partial charge >= 0.3 is 0 Å². The molecule has 0 aromatic heterocycles. The first-order valence-electron chi connectivity index (χ1n) is 9.82. The van der Waals surface area contributed by atoms with Crippen LogP contribution in [0.4, 0.5) is 10.1 Å². The van der Waals surface area contributed by atoms with Crippen molar-refractivity contribution in [2.45, 2.75) is 39.0 Å². The lowest BCUT2D eigenvalue weighted by molar-refractivity contribution is -0.116. The van der Waals surface area contributed by atoms with Crippen LogP contribution in [0.1, 0.15) is 43.2 Å². The van der Waals surface area contributed by atoms with Gasteiger partial charge < -0.3 is 10.6 Å². The third kappa shape index (κ3) is 3.60. The summed E-state index contributed by atoms with van der Waals surface area (Å²) in [5, 5.41) is 6.17. The average Bonchev–Trinajstić information content (AvgIpc) is 2.69. The maximum atomic E-state index is 13.3. The Labute approximate surface area is 169 Å². The first-order chi connectivity index (χ1) is 14.0. The van der Waals surface area contributed by atoms with E-state index < -0.39 is 5.92 Å². The molecule has 1 atom stereocenters. The number of amides is 1. The van der Waals surface area contributed by atoms with Crippen molar-refractivity contribution in [2.75, 3.05) is 5.32 Å². The first kappa shape index (κ1) is 19.1. The van der Waals surface area contributed by atoms with Gasteiger partial charge in [-0.2, -0.15) is 0 Å². The Morgan fingerprint density at radius 1 is 1.07 bits per heavy atom. The molecule has 2 N–H and O–H groups in total. The van der Waals surface area contributed by atoms with E-state index in [1.807, 2.05) is 38.1 Å². The van der Waals surface area contributed by atoms with Gasteiger partial charge in [0.15, 0.2) is 5.78 Å². The smallest absolute Gasteiger partial charge is 0.254 e. The molecule has 0 saturated heterocycles. The molecule has 0 fully saturated rings. The van der Waals surface area contributed by atoms with Crippen molar-refractivity contribution < 1.29 is 14.0 Å². The number of Topliss-reactive ketones (excluding diaryl/α,β-unsaturated/α-hetero) is 1. The molecular formula is C24H23FN2O2. The topological polar surface area (TPSA) is 58.2 Å². The zero-order valence-electron chi connectivity index (χ0n) is 16.5. The highest BCUT2D eigenvalue weighted by atomic mass is 19.1. The highest BCUT2D eigenvalue weighted by Crippen LogP contribution is 2.43. The summed E-state index contributed by atoms with van der Waals surface area (Å²) in [6.07, 6.45) is 2.11. The van der Waals surface area contributed by atoms with Crippen LogP contribution in [0.3, 0.4) is 0 Å². The maximum absolute atomic E-state index is 13.3. The number of halogens is 1. The lowest BCUT2D eigenvalue weighted by Gasteiger charge is -2.35.